The van der Waals surface area contributed by atoms with Crippen molar-refractivity contribution in [2.45, 2.75) is 6.54 Å². The van der Waals surface area contributed by atoms with Gasteiger partial charge in [0.05, 0.1) is 20.8 Å². The Morgan fingerprint density at radius 1 is 1.14 bits per heavy atom. The van der Waals surface area contributed by atoms with Gasteiger partial charge in [0.25, 0.3) is 5.91 Å². The quantitative estimate of drug-likeness (QED) is 0.626. The molecule has 0 unspecified atom stereocenters. The predicted molar refractivity (Wildman–Crippen MR) is 105 cm³/mol. The lowest BCUT2D eigenvalue weighted by Gasteiger charge is -2.09. The van der Waals surface area contributed by atoms with Crippen LogP contribution in [0.15, 0.2) is 42.6 Å². The summed E-state index contributed by atoms with van der Waals surface area (Å²) in [5, 5.41) is 7.32. The predicted octanol–water partition coefficient (Wildman–Crippen LogP) is 4.65. The van der Waals surface area contributed by atoms with E-state index in [0.717, 1.165) is 0 Å². The average molecular weight is 424 g/mol. The fourth-order valence-corrected chi connectivity index (χ4v) is 2.99. The summed E-state index contributed by atoms with van der Waals surface area (Å²) in [4.78, 5) is 12.5. The minimum Gasteiger partial charge on any atom is -0.493 e. The van der Waals surface area contributed by atoms with Crippen LogP contribution >= 0.6 is 23.2 Å². The van der Waals surface area contributed by atoms with Gasteiger partial charge in [0.15, 0.2) is 17.3 Å². The minimum absolute atomic E-state index is 0.0669. The van der Waals surface area contributed by atoms with Crippen molar-refractivity contribution in [3.05, 3.63) is 69.6 Å². The van der Waals surface area contributed by atoms with Gasteiger partial charge >= 0.3 is 0 Å². The number of hydrogen-bond donors (Lipinski definition) is 1. The van der Waals surface area contributed by atoms with E-state index in [1.807, 2.05) is 0 Å². The van der Waals surface area contributed by atoms with E-state index in [9.17, 15) is 9.18 Å². The molecule has 9 heteroatoms. The number of hydrogen-bond acceptors (Lipinski definition) is 4. The van der Waals surface area contributed by atoms with Gasteiger partial charge in [-0.25, -0.2) is 4.39 Å². The number of anilines is 1. The normalized spacial score (nSPS) is 10.6. The molecule has 0 aliphatic carbocycles. The van der Waals surface area contributed by atoms with Gasteiger partial charge in [-0.1, -0.05) is 29.3 Å². The highest BCUT2D eigenvalue weighted by Gasteiger charge is 2.16. The second-order valence-electron chi connectivity index (χ2n) is 5.75. The van der Waals surface area contributed by atoms with Gasteiger partial charge < -0.3 is 14.8 Å². The lowest BCUT2D eigenvalue weighted by atomic mass is 10.2. The smallest absolute Gasteiger partial charge is 0.257 e. The number of carbonyl (C=O) groups excluding carboxylic acids is 1. The second kappa shape index (κ2) is 8.50. The molecule has 0 aliphatic rings. The van der Waals surface area contributed by atoms with Crippen molar-refractivity contribution >= 4 is 34.9 Å². The number of amides is 1. The average Bonchev–Trinajstić information content (AvgIpc) is 3.03. The van der Waals surface area contributed by atoms with E-state index < -0.39 is 11.7 Å². The highest BCUT2D eigenvalue weighted by Crippen LogP contribution is 2.28. The van der Waals surface area contributed by atoms with Gasteiger partial charge in [0.1, 0.15) is 10.8 Å². The highest BCUT2D eigenvalue weighted by atomic mass is 35.5. The number of nitrogens with zero attached hydrogens (tertiary/aromatic N) is 2. The first kappa shape index (κ1) is 20.0. The van der Waals surface area contributed by atoms with Gasteiger partial charge in [-0.2, -0.15) is 5.10 Å². The van der Waals surface area contributed by atoms with E-state index in [-0.39, 0.29) is 28.0 Å². The van der Waals surface area contributed by atoms with Crippen LogP contribution in [0.5, 0.6) is 11.5 Å². The summed E-state index contributed by atoms with van der Waals surface area (Å²) in [6.45, 7) is 0.0669. The number of benzene rings is 2. The molecule has 1 amide bonds. The van der Waals surface area contributed by atoms with Crippen molar-refractivity contribution in [2.24, 2.45) is 0 Å². The molecule has 0 saturated heterocycles. The maximum atomic E-state index is 14.0. The molecular formula is C19H16Cl2FN3O3. The van der Waals surface area contributed by atoms with Crippen LogP contribution in [0.25, 0.3) is 0 Å². The molecule has 28 heavy (non-hydrogen) atoms. The van der Waals surface area contributed by atoms with E-state index in [1.54, 1.807) is 18.2 Å². The summed E-state index contributed by atoms with van der Waals surface area (Å²) >= 11 is 12.2. The Labute approximate surface area is 170 Å². The number of rotatable bonds is 6. The molecule has 1 N–H and O–H groups in total. The molecule has 0 aliphatic heterocycles. The number of aromatic nitrogens is 2. The molecule has 0 radical (unpaired) electrons. The van der Waals surface area contributed by atoms with E-state index in [1.165, 1.54) is 43.3 Å². The molecule has 1 aromatic heterocycles. The molecule has 146 valence electrons. The lowest BCUT2D eigenvalue weighted by Crippen LogP contribution is -2.13. The van der Waals surface area contributed by atoms with Crippen LogP contribution in [0.4, 0.5) is 10.2 Å². The van der Waals surface area contributed by atoms with Crippen molar-refractivity contribution in [3.8, 4) is 11.5 Å². The van der Waals surface area contributed by atoms with Crippen LogP contribution in [-0.2, 0) is 6.54 Å². The van der Waals surface area contributed by atoms with Gasteiger partial charge in [-0.3, -0.25) is 9.48 Å². The lowest BCUT2D eigenvalue weighted by molar-refractivity contribution is 0.102. The van der Waals surface area contributed by atoms with E-state index in [2.05, 4.69) is 10.4 Å². The number of ether oxygens (including phenoxy) is 2. The molecular weight excluding hydrogens is 408 g/mol. The SMILES string of the molecule is COc1ccc(C(=O)Nc2nn(Cc3c(F)cccc3Cl)cc2Cl)cc1OC. The maximum absolute atomic E-state index is 14.0. The van der Waals surface area contributed by atoms with Gasteiger partial charge in [-0.05, 0) is 30.3 Å². The largest absolute Gasteiger partial charge is 0.493 e. The molecule has 3 aromatic rings. The van der Waals surface area contributed by atoms with Crippen LogP contribution in [0.3, 0.4) is 0 Å². The first-order valence-corrected chi connectivity index (χ1v) is 8.87. The fraction of sp³-hybridized carbons (Fsp3) is 0.158. The number of carbonyl (C=O) groups is 1. The van der Waals surface area contributed by atoms with E-state index in [4.69, 9.17) is 32.7 Å². The summed E-state index contributed by atoms with van der Waals surface area (Å²) in [6, 6.07) is 9.16. The molecule has 1 heterocycles. The Morgan fingerprint density at radius 3 is 2.57 bits per heavy atom. The van der Waals surface area contributed by atoms with E-state index in [0.29, 0.717) is 17.1 Å². The zero-order valence-electron chi connectivity index (χ0n) is 15.0. The third-order valence-electron chi connectivity index (χ3n) is 3.98. The Bertz CT molecular complexity index is 1000. The Kier molecular flexibility index (Phi) is 6.06. The standard InChI is InChI=1S/C19H16Cl2FN3O3/c1-27-16-7-6-11(8-17(16)28-2)19(26)23-18-14(21)10-25(24-18)9-12-13(20)4-3-5-15(12)22/h3-8,10H,9H2,1-2H3,(H,23,24,26). The molecule has 2 aromatic carbocycles. The molecule has 0 fully saturated rings. The molecule has 0 spiro atoms. The monoisotopic (exact) mass is 423 g/mol. The maximum Gasteiger partial charge on any atom is 0.257 e. The highest BCUT2D eigenvalue weighted by molar-refractivity contribution is 6.33. The first-order valence-electron chi connectivity index (χ1n) is 8.12. The Hall–Kier alpha value is -2.77. The fourth-order valence-electron chi connectivity index (χ4n) is 2.57. The van der Waals surface area contributed by atoms with Gasteiger partial charge in [0, 0.05) is 22.3 Å². The van der Waals surface area contributed by atoms with Crippen molar-refractivity contribution in [2.75, 3.05) is 19.5 Å². The van der Waals surface area contributed by atoms with Crippen LogP contribution in [0.2, 0.25) is 10.0 Å². The molecule has 6 nitrogen and oxygen atoms in total. The first-order chi connectivity index (χ1) is 13.4. The third kappa shape index (κ3) is 4.21. The Balaban J connectivity index is 1.79. The molecule has 0 bridgehead atoms. The van der Waals surface area contributed by atoms with Crippen molar-refractivity contribution in [1.29, 1.82) is 0 Å². The molecule has 3 rings (SSSR count). The van der Waals surface area contributed by atoms with Crippen molar-refractivity contribution in [1.82, 2.24) is 9.78 Å². The molecule has 0 saturated carbocycles. The van der Waals surface area contributed by atoms with Crippen LogP contribution in [0, 0.1) is 5.82 Å². The summed E-state index contributed by atoms with van der Waals surface area (Å²) in [5.74, 6) is 0.185. The summed E-state index contributed by atoms with van der Waals surface area (Å²) in [7, 11) is 2.98. The van der Waals surface area contributed by atoms with Crippen molar-refractivity contribution < 1.29 is 18.7 Å². The van der Waals surface area contributed by atoms with Gasteiger partial charge in [0.2, 0.25) is 0 Å². The summed E-state index contributed by atoms with van der Waals surface area (Å²) in [6.07, 6.45) is 1.48. The van der Waals surface area contributed by atoms with Gasteiger partial charge in [-0.15, -0.1) is 0 Å². The topological polar surface area (TPSA) is 65.4 Å². The van der Waals surface area contributed by atoms with Crippen LogP contribution in [0.1, 0.15) is 15.9 Å². The zero-order valence-corrected chi connectivity index (χ0v) is 16.5. The third-order valence-corrected chi connectivity index (χ3v) is 4.61. The summed E-state index contributed by atoms with van der Waals surface area (Å²) < 4.78 is 25.7. The number of methoxy groups -OCH3 is 2. The minimum atomic E-state index is -0.449. The molecule has 0 atom stereocenters. The number of nitrogens with one attached hydrogen (secondary N) is 1. The van der Waals surface area contributed by atoms with Crippen LogP contribution in [-0.4, -0.2) is 29.9 Å². The van der Waals surface area contributed by atoms with E-state index >= 15 is 0 Å². The summed E-state index contributed by atoms with van der Waals surface area (Å²) in [5.41, 5.74) is 0.613. The second-order valence-corrected chi connectivity index (χ2v) is 6.56. The van der Waals surface area contributed by atoms with Crippen LogP contribution < -0.4 is 14.8 Å². The zero-order chi connectivity index (χ0) is 20.3. The number of halogens is 3. The Morgan fingerprint density at radius 2 is 1.89 bits per heavy atom. The van der Waals surface area contributed by atoms with Crippen molar-refractivity contribution in [3.63, 3.8) is 0 Å².